The van der Waals surface area contributed by atoms with E-state index in [1.165, 1.54) is 5.56 Å². The number of nitrogens with zero attached hydrogens (tertiary/aromatic N) is 1. The standard InChI is InChI=1S/C28H28N2O3/c1-20-27(28(31)32-19-22-10-6-3-7-11-22)25-16-23(12-13-26(25)29-20)33-24-14-15-30(18-24)17-21-8-4-2-5-9-21/h2-13,16,24,29H,14-15,17-19H2,1H3. The van der Waals surface area contributed by atoms with Crippen LogP contribution in [0.2, 0.25) is 0 Å². The van der Waals surface area contributed by atoms with Gasteiger partial charge in [-0.25, -0.2) is 4.79 Å². The van der Waals surface area contributed by atoms with Gasteiger partial charge in [0.1, 0.15) is 18.5 Å². The molecule has 168 valence electrons. The van der Waals surface area contributed by atoms with Crippen molar-refractivity contribution in [3.05, 3.63) is 101 Å². The third-order valence-corrected chi connectivity index (χ3v) is 6.16. The van der Waals surface area contributed by atoms with Gasteiger partial charge in [0, 0.05) is 36.2 Å². The zero-order valence-corrected chi connectivity index (χ0v) is 18.8. The molecule has 0 saturated carbocycles. The summed E-state index contributed by atoms with van der Waals surface area (Å²) in [6.45, 7) is 5.00. The van der Waals surface area contributed by atoms with Crippen molar-refractivity contribution in [1.82, 2.24) is 9.88 Å². The number of fused-ring (bicyclic) bond motifs is 1. The molecule has 5 heteroatoms. The van der Waals surface area contributed by atoms with Crippen LogP contribution in [0, 0.1) is 6.92 Å². The van der Waals surface area contributed by atoms with Gasteiger partial charge in [-0.05, 0) is 42.7 Å². The molecule has 0 radical (unpaired) electrons. The molecule has 0 bridgehead atoms. The van der Waals surface area contributed by atoms with Crippen molar-refractivity contribution in [1.29, 1.82) is 0 Å². The van der Waals surface area contributed by atoms with Crippen LogP contribution in [-0.4, -0.2) is 35.0 Å². The molecular formula is C28H28N2O3. The number of ether oxygens (including phenoxy) is 2. The topological polar surface area (TPSA) is 54.6 Å². The average Bonchev–Trinajstić information content (AvgIpc) is 3.41. The Bertz CT molecular complexity index is 1230. The second-order valence-corrected chi connectivity index (χ2v) is 8.64. The largest absolute Gasteiger partial charge is 0.489 e. The third kappa shape index (κ3) is 4.94. The minimum atomic E-state index is -0.324. The first-order valence-corrected chi connectivity index (χ1v) is 11.4. The molecule has 3 aromatic carbocycles. The van der Waals surface area contributed by atoms with Gasteiger partial charge in [-0.1, -0.05) is 60.7 Å². The SMILES string of the molecule is Cc1[nH]c2ccc(OC3CCN(Cc4ccccc4)C3)cc2c1C(=O)OCc1ccccc1. The number of likely N-dealkylation sites (tertiary alicyclic amines) is 1. The number of aryl methyl sites for hydroxylation is 1. The Morgan fingerprint density at radius 2 is 1.73 bits per heavy atom. The molecule has 1 aliphatic rings. The van der Waals surface area contributed by atoms with Crippen molar-refractivity contribution < 1.29 is 14.3 Å². The van der Waals surface area contributed by atoms with Gasteiger partial charge in [-0.3, -0.25) is 4.90 Å². The highest BCUT2D eigenvalue weighted by Gasteiger charge is 2.25. The summed E-state index contributed by atoms with van der Waals surface area (Å²) in [5.41, 5.74) is 4.57. The number of carbonyl (C=O) groups excluding carboxylic acids is 1. The minimum Gasteiger partial charge on any atom is -0.489 e. The van der Waals surface area contributed by atoms with Crippen LogP contribution in [-0.2, 0) is 17.9 Å². The molecule has 1 aromatic heterocycles. The first-order valence-electron chi connectivity index (χ1n) is 11.4. The molecule has 1 saturated heterocycles. The number of hydrogen-bond donors (Lipinski definition) is 1. The van der Waals surface area contributed by atoms with Crippen LogP contribution in [0.4, 0.5) is 0 Å². The Labute approximate surface area is 193 Å². The first kappa shape index (κ1) is 21.3. The van der Waals surface area contributed by atoms with Crippen LogP contribution in [0.15, 0.2) is 78.9 Å². The van der Waals surface area contributed by atoms with Gasteiger partial charge >= 0.3 is 5.97 Å². The molecule has 1 unspecified atom stereocenters. The van der Waals surface area contributed by atoms with Gasteiger partial charge in [0.25, 0.3) is 0 Å². The molecule has 0 aliphatic carbocycles. The number of esters is 1. The Morgan fingerprint density at radius 3 is 2.48 bits per heavy atom. The third-order valence-electron chi connectivity index (χ3n) is 6.16. The maximum Gasteiger partial charge on any atom is 0.340 e. The van der Waals surface area contributed by atoms with Gasteiger partial charge in [-0.2, -0.15) is 0 Å². The number of carbonyl (C=O) groups is 1. The fourth-order valence-electron chi connectivity index (χ4n) is 4.51. The summed E-state index contributed by atoms with van der Waals surface area (Å²) in [5, 5.41) is 0.835. The molecule has 5 nitrogen and oxygen atoms in total. The molecule has 0 amide bonds. The Balaban J connectivity index is 1.27. The summed E-state index contributed by atoms with van der Waals surface area (Å²) in [4.78, 5) is 18.6. The Morgan fingerprint density at radius 1 is 1.00 bits per heavy atom. The predicted octanol–water partition coefficient (Wildman–Crippen LogP) is 5.49. The zero-order chi connectivity index (χ0) is 22.6. The molecule has 1 N–H and O–H groups in total. The lowest BCUT2D eigenvalue weighted by Gasteiger charge is -2.17. The van der Waals surface area contributed by atoms with E-state index in [0.29, 0.717) is 5.56 Å². The van der Waals surface area contributed by atoms with Crippen LogP contribution in [0.25, 0.3) is 10.9 Å². The van der Waals surface area contributed by atoms with E-state index in [4.69, 9.17) is 9.47 Å². The summed E-state index contributed by atoms with van der Waals surface area (Å²) in [6.07, 6.45) is 1.13. The van der Waals surface area contributed by atoms with Crippen molar-refractivity contribution in [3.8, 4) is 5.75 Å². The lowest BCUT2D eigenvalue weighted by atomic mass is 10.1. The van der Waals surface area contributed by atoms with Crippen molar-refractivity contribution in [2.45, 2.75) is 32.6 Å². The summed E-state index contributed by atoms with van der Waals surface area (Å²) in [6, 6.07) is 26.1. The van der Waals surface area contributed by atoms with Crippen LogP contribution >= 0.6 is 0 Å². The van der Waals surface area contributed by atoms with Crippen molar-refractivity contribution >= 4 is 16.9 Å². The fraction of sp³-hybridized carbons (Fsp3) is 0.250. The average molecular weight is 441 g/mol. The van der Waals surface area contributed by atoms with Gasteiger partial charge in [-0.15, -0.1) is 0 Å². The van der Waals surface area contributed by atoms with Crippen LogP contribution in [0.1, 0.15) is 33.6 Å². The molecule has 1 atom stereocenters. The van der Waals surface area contributed by atoms with Gasteiger partial charge in [0.2, 0.25) is 0 Å². The van der Waals surface area contributed by atoms with E-state index < -0.39 is 0 Å². The Kier molecular flexibility index (Phi) is 6.13. The fourth-order valence-corrected chi connectivity index (χ4v) is 4.51. The van der Waals surface area contributed by atoms with E-state index in [9.17, 15) is 4.79 Å². The molecule has 5 rings (SSSR count). The molecule has 1 aliphatic heterocycles. The highest BCUT2D eigenvalue weighted by molar-refractivity contribution is 6.05. The van der Waals surface area contributed by atoms with E-state index in [-0.39, 0.29) is 18.7 Å². The number of hydrogen-bond acceptors (Lipinski definition) is 4. The number of benzene rings is 3. The van der Waals surface area contributed by atoms with Crippen molar-refractivity contribution in [3.63, 3.8) is 0 Å². The van der Waals surface area contributed by atoms with E-state index in [0.717, 1.165) is 54.0 Å². The number of rotatable bonds is 7. The summed E-state index contributed by atoms with van der Waals surface area (Å²) >= 11 is 0. The lowest BCUT2D eigenvalue weighted by Crippen LogP contribution is -2.24. The van der Waals surface area contributed by atoms with Crippen molar-refractivity contribution in [2.24, 2.45) is 0 Å². The second kappa shape index (κ2) is 9.51. The summed E-state index contributed by atoms with van der Waals surface area (Å²) in [5.74, 6) is 0.458. The van der Waals surface area contributed by atoms with E-state index in [1.54, 1.807) is 0 Å². The van der Waals surface area contributed by atoms with Gasteiger partial charge < -0.3 is 14.5 Å². The highest BCUT2D eigenvalue weighted by atomic mass is 16.5. The summed E-state index contributed by atoms with van der Waals surface area (Å²) in [7, 11) is 0. The summed E-state index contributed by atoms with van der Waals surface area (Å²) < 4.78 is 11.9. The van der Waals surface area contributed by atoms with Crippen molar-refractivity contribution in [2.75, 3.05) is 13.1 Å². The van der Waals surface area contributed by atoms with Crippen LogP contribution in [0.5, 0.6) is 5.75 Å². The molecule has 0 spiro atoms. The molecule has 1 fully saturated rings. The van der Waals surface area contributed by atoms with Gasteiger partial charge in [0.05, 0.1) is 5.56 Å². The number of aromatic nitrogens is 1. The minimum absolute atomic E-state index is 0.139. The Hall–Kier alpha value is -3.57. The highest BCUT2D eigenvalue weighted by Crippen LogP contribution is 2.29. The quantitative estimate of drug-likeness (QED) is 0.386. The number of nitrogens with one attached hydrogen (secondary N) is 1. The monoisotopic (exact) mass is 440 g/mol. The predicted molar refractivity (Wildman–Crippen MR) is 129 cm³/mol. The smallest absolute Gasteiger partial charge is 0.340 e. The molecule has 2 heterocycles. The molecule has 33 heavy (non-hydrogen) atoms. The normalized spacial score (nSPS) is 16.2. The van der Waals surface area contributed by atoms with E-state index in [2.05, 4.69) is 34.1 Å². The first-order chi connectivity index (χ1) is 16.2. The van der Waals surface area contributed by atoms with Crippen LogP contribution in [0.3, 0.4) is 0 Å². The second-order valence-electron chi connectivity index (χ2n) is 8.64. The molecule has 4 aromatic rings. The zero-order valence-electron chi connectivity index (χ0n) is 18.8. The van der Waals surface area contributed by atoms with E-state index in [1.807, 2.05) is 61.5 Å². The maximum absolute atomic E-state index is 12.9. The van der Waals surface area contributed by atoms with E-state index >= 15 is 0 Å². The maximum atomic E-state index is 12.9. The number of aromatic amines is 1. The number of H-pyrrole nitrogens is 1. The van der Waals surface area contributed by atoms with Crippen LogP contribution < -0.4 is 4.74 Å². The lowest BCUT2D eigenvalue weighted by molar-refractivity contribution is 0.0474. The van der Waals surface area contributed by atoms with Gasteiger partial charge in [0.15, 0.2) is 0 Å². The molecular weight excluding hydrogens is 412 g/mol.